The fourth-order valence-electron chi connectivity index (χ4n) is 3.08. The highest BCUT2D eigenvalue weighted by Gasteiger charge is 2.28. The Kier molecular flexibility index (Phi) is 6.28. The number of amides is 2. The van der Waals surface area contributed by atoms with E-state index in [1.165, 1.54) is 6.92 Å². The number of carbonyl (C=O) groups is 3. The Balaban J connectivity index is 1.48. The molecule has 1 aromatic carbocycles. The van der Waals surface area contributed by atoms with Crippen LogP contribution in [0.5, 0.6) is 0 Å². The van der Waals surface area contributed by atoms with Gasteiger partial charge in [-0.3, -0.25) is 14.4 Å². The van der Waals surface area contributed by atoms with Gasteiger partial charge in [0.15, 0.2) is 6.10 Å². The first-order valence-electron chi connectivity index (χ1n) is 9.24. The number of ether oxygens (including phenoxy) is 2. The zero-order valence-electron chi connectivity index (χ0n) is 15.4. The molecular weight excluding hydrogens is 350 g/mol. The molecule has 0 aliphatic carbocycles. The van der Waals surface area contributed by atoms with Gasteiger partial charge >= 0.3 is 5.97 Å². The smallest absolute Gasteiger partial charge is 0.311 e. The number of nitrogens with zero attached hydrogens (tertiary/aromatic N) is 1. The van der Waals surface area contributed by atoms with Crippen molar-refractivity contribution in [3.05, 3.63) is 24.3 Å². The lowest BCUT2D eigenvalue weighted by Crippen LogP contribution is -2.41. The lowest BCUT2D eigenvalue weighted by Gasteiger charge is -2.29. The second-order valence-corrected chi connectivity index (χ2v) is 6.75. The van der Waals surface area contributed by atoms with Crippen molar-refractivity contribution in [3.63, 3.8) is 0 Å². The minimum absolute atomic E-state index is 0.0645. The van der Waals surface area contributed by atoms with E-state index in [1.807, 2.05) is 24.3 Å². The number of rotatable bonds is 5. The summed E-state index contributed by atoms with van der Waals surface area (Å²) in [4.78, 5) is 37.8. The zero-order chi connectivity index (χ0) is 19.2. The topological polar surface area (TPSA) is 97.0 Å². The van der Waals surface area contributed by atoms with Crippen molar-refractivity contribution >= 4 is 29.2 Å². The molecule has 2 N–H and O–H groups in total. The first-order valence-corrected chi connectivity index (χ1v) is 9.24. The van der Waals surface area contributed by atoms with Crippen molar-refractivity contribution < 1.29 is 23.9 Å². The Hall–Kier alpha value is -2.61. The number of morpholine rings is 1. The Bertz CT molecular complexity index is 675. The molecule has 2 saturated heterocycles. The van der Waals surface area contributed by atoms with Crippen molar-refractivity contribution in [1.29, 1.82) is 0 Å². The number of hydrogen-bond acceptors (Lipinski definition) is 6. The molecule has 2 atom stereocenters. The van der Waals surface area contributed by atoms with Crippen LogP contribution in [0.2, 0.25) is 0 Å². The molecular formula is C19H25N3O5. The summed E-state index contributed by atoms with van der Waals surface area (Å²) in [7, 11) is 0. The van der Waals surface area contributed by atoms with Crippen LogP contribution in [0.3, 0.4) is 0 Å². The van der Waals surface area contributed by atoms with Crippen molar-refractivity contribution in [1.82, 2.24) is 5.32 Å². The first-order chi connectivity index (χ1) is 13.0. The molecule has 1 aromatic rings. The quantitative estimate of drug-likeness (QED) is 0.743. The number of carbonyl (C=O) groups excluding carboxylic acids is 3. The van der Waals surface area contributed by atoms with Gasteiger partial charge in [-0.1, -0.05) is 0 Å². The monoisotopic (exact) mass is 375 g/mol. The summed E-state index contributed by atoms with van der Waals surface area (Å²) >= 11 is 0. The molecule has 2 aliphatic heterocycles. The molecule has 2 amide bonds. The fraction of sp³-hybridized carbons (Fsp3) is 0.526. The minimum atomic E-state index is -0.908. The molecule has 2 aliphatic rings. The van der Waals surface area contributed by atoms with Crippen LogP contribution in [-0.2, 0) is 23.9 Å². The van der Waals surface area contributed by atoms with Gasteiger partial charge in [0.2, 0.25) is 5.91 Å². The van der Waals surface area contributed by atoms with Gasteiger partial charge in [-0.25, -0.2) is 0 Å². The zero-order valence-corrected chi connectivity index (χ0v) is 15.4. The number of benzene rings is 1. The van der Waals surface area contributed by atoms with Gasteiger partial charge < -0.3 is 25.0 Å². The average Bonchev–Trinajstić information content (AvgIpc) is 2.69. The lowest BCUT2D eigenvalue weighted by atomic mass is 9.99. The standard InChI is InChI=1S/C19H25N3O5/c1-13(27-19(25)14-2-7-17(23)20-12-14)18(24)21-15-3-5-16(6-4-15)22-8-10-26-11-9-22/h3-6,13-14H,2,7-12H2,1H3,(H,20,23)(H,21,24)/t13-,14-/m1/s1. The number of piperidine rings is 1. The van der Waals surface area contributed by atoms with Gasteiger partial charge in [-0.15, -0.1) is 0 Å². The number of anilines is 2. The van der Waals surface area contributed by atoms with Crippen molar-refractivity contribution in [2.75, 3.05) is 43.1 Å². The average molecular weight is 375 g/mol. The molecule has 0 aromatic heterocycles. The van der Waals surface area contributed by atoms with Crippen LogP contribution in [0.4, 0.5) is 11.4 Å². The van der Waals surface area contributed by atoms with E-state index in [9.17, 15) is 14.4 Å². The molecule has 27 heavy (non-hydrogen) atoms. The summed E-state index contributed by atoms with van der Waals surface area (Å²) < 4.78 is 10.6. The normalized spacial score (nSPS) is 21.1. The number of esters is 1. The van der Waals surface area contributed by atoms with Gasteiger partial charge in [0.25, 0.3) is 5.91 Å². The van der Waals surface area contributed by atoms with Gasteiger partial charge in [0.1, 0.15) is 0 Å². The minimum Gasteiger partial charge on any atom is -0.452 e. The molecule has 0 radical (unpaired) electrons. The maximum Gasteiger partial charge on any atom is 0.311 e. The van der Waals surface area contributed by atoms with E-state index in [4.69, 9.17) is 9.47 Å². The molecule has 3 rings (SSSR count). The Labute approximate surface area is 158 Å². The van der Waals surface area contributed by atoms with Gasteiger partial charge in [0.05, 0.1) is 19.1 Å². The third-order valence-electron chi connectivity index (χ3n) is 4.77. The molecule has 0 bridgehead atoms. The molecule has 2 heterocycles. The highest BCUT2D eigenvalue weighted by Crippen LogP contribution is 2.19. The van der Waals surface area contributed by atoms with E-state index >= 15 is 0 Å². The molecule has 8 nitrogen and oxygen atoms in total. The molecule has 146 valence electrons. The first kappa shape index (κ1) is 19.2. The highest BCUT2D eigenvalue weighted by molar-refractivity contribution is 5.95. The molecule has 2 fully saturated rings. The van der Waals surface area contributed by atoms with Crippen molar-refractivity contribution in [3.8, 4) is 0 Å². The third kappa shape index (κ3) is 5.19. The predicted molar refractivity (Wildman–Crippen MR) is 99.4 cm³/mol. The number of hydrogen-bond donors (Lipinski definition) is 2. The second-order valence-electron chi connectivity index (χ2n) is 6.75. The number of nitrogens with one attached hydrogen (secondary N) is 2. The summed E-state index contributed by atoms with van der Waals surface area (Å²) in [5.74, 6) is -1.31. The van der Waals surface area contributed by atoms with Gasteiger partial charge in [-0.05, 0) is 37.6 Å². The van der Waals surface area contributed by atoms with Crippen molar-refractivity contribution in [2.24, 2.45) is 5.92 Å². The van der Waals surface area contributed by atoms with Gasteiger partial charge in [-0.2, -0.15) is 0 Å². The van der Waals surface area contributed by atoms with E-state index in [1.54, 1.807) is 0 Å². The SMILES string of the molecule is C[C@@H](OC(=O)[C@@H]1CCC(=O)NC1)C(=O)Nc1ccc(N2CCOCC2)cc1. The second kappa shape index (κ2) is 8.85. The maximum absolute atomic E-state index is 12.3. The highest BCUT2D eigenvalue weighted by atomic mass is 16.5. The lowest BCUT2D eigenvalue weighted by molar-refractivity contribution is -0.158. The summed E-state index contributed by atoms with van der Waals surface area (Å²) in [6.07, 6.45) is -0.160. The van der Waals surface area contributed by atoms with E-state index in [0.29, 0.717) is 31.7 Å². The fourth-order valence-corrected chi connectivity index (χ4v) is 3.08. The van der Waals surface area contributed by atoms with Crippen molar-refractivity contribution in [2.45, 2.75) is 25.9 Å². The van der Waals surface area contributed by atoms with Crippen LogP contribution in [0.25, 0.3) is 0 Å². The Morgan fingerprint density at radius 2 is 1.96 bits per heavy atom. The van der Waals surface area contributed by atoms with Crippen LogP contribution in [0, 0.1) is 5.92 Å². The van der Waals surface area contributed by atoms with E-state index in [-0.39, 0.29) is 18.4 Å². The molecule has 0 saturated carbocycles. The Morgan fingerprint density at radius 3 is 2.59 bits per heavy atom. The summed E-state index contributed by atoms with van der Waals surface area (Å²) in [5.41, 5.74) is 1.72. The van der Waals surface area contributed by atoms with E-state index in [0.717, 1.165) is 18.8 Å². The van der Waals surface area contributed by atoms with Crippen LogP contribution in [-0.4, -0.2) is 56.7 Å². The van der Waals surface area contributed by atoms with Crippen LogP contribution in [0.1, 0.15) is 19.8 Å². The van der Waals surface area contributed by atoms with Crippen LogP contribution < -0.4 is 15.5 Å². The Morgan fingerprint density at radius 1 is 1.26 bits per heavy atom. The van der Waals surface area contributed by atoms with Crippen LogP contribution in [0.15, 0.2) is 24.3 Å². The summed E-state index contributed by atoms with van der Waals surface area (Å²) in [5, 5.41) is 5.39. The maximum atomic E-state index is 12.3. The summed E-state index contributed by atoms with van der Waals surface area (Å²) in [6, 6.07) is 7.55. The summed E-state index contributed by atoms with van der Waals surface area (Å²) in [6.45, 7) is 4.92. The van der Waals surface area contributed by atoms with E-state index in [2.05, 4.69) is 15.5 Å². The third-order valence-corrected chi connectivity index (χ3v) is 4.77. The van der Waals surface area contributed by atoms with Crippen LogP contribution >= 0.6 is 0 Å². The van der Waals surface area contributed by atoms with E-state index < -0.39 is 18.0 Å². The van der Waals surface area contributed by atoms with Gasteiger partial charge in [0, 0.05) is 37.4 Å². The largest absolute Gasteiger partial charge is 0.452 e. The predicted octanol–water partition coefficient (Wildman–Crippen LogP) is 0.920. The molecule has 0 unspecified atom stereocenters. The molecule has 8 heteroatoms. The molecule has 0 spiro atoms.